The number of H-pyrrole nitrogens is 4. The van der Waals surface area contributed by atoms with Crippen LogP contribution in [0.4, 0.5) is 0 Å². The third-order valence-electron chi connectivity index (χ3n) is 5.31. The third kappa shape index (κ3) is 8.49. The molecular weight excluding hydrogens is 589 g/mol. The van der Waals surface area contributed by atoms with Crippen molar-refractivity contribution in [3.8, 4) is 0 Å². The fraction of sp³-hybridized carbons (Fsp3) is 0. The third-order valence-corrected chi connectivity index (χ3v) is 5.31. The Balaban J connectivity index is 0.000000117. The first kappa shape index (κ1) is 28.0. The maximum atomic E-state index is 4.92. The normalized spacial score (nSPS) is 9.79. The number of hydrogen-bond donors (Lipinski definition) is 4. The first-order chi connectivity index (χ1) is 19.3. The molecule has 0 bridgehead atoms. The molecule has 39 heavy (non-hydrogen) atoms. The second-order valence-corrected chi connectivity index (χ2v) is 11.5. The van der Waals surface area contributed by atoms with E-state index in [1.165, 1.54) is 0 Å². The van der Waals surface area contributed by atoms with Crippen LogP contribution in [0.15, 0.2) is 122 Å². The number of aromatic amines is 4. The second-order valence-electron chi connectivity index (χ2n) is 7.76. The van der Waals surface area contributed by atoms with Crippen molar-refractivity contribution in [1.29, 1.82) is 0 Å². The van der Waals surface area contributed by atoms with Crippen molar-refractivity contribution < 1.29 is 0 Å². The molecule has 193 valence electrons. The number of halogens is 2. The van der Waals surface area contributed by atoms with Crippen molar-refractivity contribution in [2.75, 3.05) is 0 Å². The van der Waals surface area contributed by atoms with Crippen LogP contribution >= 0.6 is 19.3 Å². The van der Waals surface area contributed by atoms with Gasteiger partial charge in [0.05, 0.1) is 69.4 Å². The summed E-state index contributed by atoms with van der Waals surface area (Å²) in [5.74, 6) is 0. The van der Waals surface area contributed by atoms with Crippen molar-refractivity contribution >= 4 is 78.8 Å². The minimum Gasteiger partial charge on any atom is -0.345 e. The van der Waals surface area contributed by atoms with Crippen molar-refractivity contribution in [2.45, 2.75) is 0 Å². The standard InChI is InChI=1S/4C7H6N2.2ClH.Ga/c4*1-2-4-7-6(3-1)8-5-9-7;;;/h4*1-5H,(H,8,9);2*1H;/q;;;;;;+2/p-2. The van der Waals surface area contributed by atoms with Crippen LogP contribution in [-0.2, 0) is 0 Å². The van der Waals surface area contributed by atoms with Gasteiger partial charge in [0.15, 0.2) is 0 Å². The fourth-order valence-electron chi connectivity index (χ4n) is 3.52. The van der Waals surface area contributed by atoms with E-state index in [9.17, 15) is 0 Å². The topological polar surface area (TPSA) is 115 Å². The minimum absolute atomic E-state index is 0.743. The molecular formula is C28H24Cl2GaN8. The Labute approximate surface area is 240 Å². The molecule has 0 fully saturated rings. The van der Waals surface area contributed by atoms with E-state index in [0.29, 0.717) is 0 Å². The molecule has 0 saturated heterocycles. The molecule has 11 heteroatoms. The Morgan fingerprint density at radius 3 is 0.795 bits per heavy atom. The summed E-state index contributed by atoms with van der Waals surface area (Å²) < 4.78 is 0. The summed E-state index contributed by atoms with van der Waals surface area (Å²) in [5, 5.41) is 0. The monoisotopic (exact) mass is 611 g/mol. The van der Waals surface area contributed by atoms with Crippen LogP contribution < -0.4 is 0 Å². The number of nitrogens with zero attached hydrogens (tertiary/aromatic N) is 4. The van der Waals surface area contributed by atoms with Gasteiger partial charge >= 0.3 is 34.7 Å². The zero-order valence-corrected chi connectivity index (χ0v) is 24.6. The molecule has 0 aliphatic rings. The second kappa shape index (κ2) is 15.4. The van der Waals surface area contributed by atoms with Gasteiger partial charge in [-0.25, -0.2) is 19.9 Å². The predicted octanol–water partition coefficient (Wildman–Crippen LogP) is 7.25. The van der Waals surface area contributed by atoms with E-state index in [1.807, 2.05) is 97.1 Å². The predicted molar refractivity (Wildman–Crippen MR) is 162 cm³/mol. The minimum atomic E-state index is -0.743. The number of rotatable bonds is 0. The number of hydrogen-bond acceptors (Lipinski definition) is 4. The molecule has 4 aromatic heterocycles. The molecule has 0 saturated carbocycles. The van der Waals surface area contributed by atoms with Gasteiger partial charge in [-0.3, -0.25) is 0 Å². The number of para-hydroxylation sites is 8. The molecule has 0 spiro atoms. The molecule has 0 aliphatic heterocycles. The molecule has 8 aromatic rings. The van der Waals surface area contributed by atoms with Gasteiger partial charge < -0.3 is 19.9 Å². The van der Waals surface area contributed by atoms with Crippen LogP contribution in [0.1, 0.15) is 0 Å². The van der Waals surface area contributed by atoms with Gasteiger partial charge in [-0.05, 0) is 48.5 Å². The Kier molecular flexibility index (Phi) is 11.1. The molecule has 0 amide bonds. The SMILES string of the molecule is [Cl][Ga][Cl].c1ccc2[nH]cnc2c1.c1ccc2[nH]cnc2c1.c1ccc2[nH]cnc2c1.c1ccc2[nH]cnc2c1. The Bertz CT molecular complexity index is 1420. The molecule has 0 atom stereocenters. The maximum Gasteiger partial charge on any atom is 0.0931 e. The van der Waals surface area contributed by atoms with E-state index in [4.69, 9.17) is 19.3 Å². The molecule has 4 aromatic carbocycles. The molecule has 4 heterocycles. The summed E-state index contributed by atoms with van der Waals surface area (Å²) in [6.45, 7) is 0. The molecule has 8 rings (SSSR count). The van der Waals surface area contributed by atoms with Crippen LogP contribution in [0.5, 0.6) is 0 Å². The summed E-state index contributed by atoms with van der Waals surface area (Å²) >= 11 is -0.743. The van der Waals surface area contributed by atoms with Gasteiger partial charge in [0.2, 0.25) is 0 Å². The van der Waals surface area contributed by atoms with E-state index >= 15 is 0 Å². The van der Waals surface area contributed by atoms with Crippen LogP contribution in [0.3, 0.4) is 0 Å². The average Bonchev–Trinajstić information content (AvgIpc) is 3.81. The van der Waals surface area contributed by atoms with E-state index in [-0.39, 0.29) is 0 Å². The van der Waals surface area contributed by atoms with Crippen molar-refractivity contribution in [3.63, 3.8) is 0 Å². The molecule has 0 unspecified atom stereocenters. The van der Waals surface area contributed by atoms with Gasteiger partial charge in [-0.2, -0.15) is 0 Å². The molecule has 1 radical (unpaired) electrons. The van der Waals surface area contributed by atoms with Gasteiger partial charge in [-0.15, -0.1) is 0 Å². The van der Waals surface area contributed by atoms with Crippen LogP contribution in [0.25, 0.3) is 44.1 Å². The maximum absolute atomic E-state index is 4.92. The van der Waals surface area contributed by atoms with E-state index in [2.05, 4.69) is 39.9 Å². The summed E-state index contributed by atoms with van der Waals surface area (Å²) in [4.78, 5) is 28.3. The van der Waals surface area contributed by atoms with Crippen molar-refractivity contribution in [2.24, 2.45) is 0 Å². The van der Waals surface area contributed by atoms with Crippen LogP contribution in [0, 0.1) is 0 Å². The van der Waals surface area contributed by atoms with E-state index < -0.39 is 15.4 Å². The fourth-order valence-corrected chi connectivity index (χ4v) is 3.52. The smallest absolute Gasteiger partial charge is 0.0931 e. The zero-order chi connectivity index (χ0) is 27.1. The van der Waals surface area contributed by atoms with Crippen LogP contribution in [0.2, 0.25) is 0 Å². The van der Waals surface area contributed by atoms with Crippen LogP contribution in [-0.4, -0.2) is 55.3 Å². The van der Waals surface area contributed by atoms with Gasteiger partial charge in [0.1, 0.15) is 0 Å². The zero-order valence-electron chi connectivity index (χ0n) is 20.7. The number of nitrogens with one attached hydrogen (secondary N) is 4. The van der Waals surface area contributed by atoms with E-state index in [1.54, 1.807) is 25.3 Å². The summed E-state index contributed by atoms with van der Waals surface area (Å²) in [6, 6.07) is 31.8. The van der Waals surface area contributed by atoms with Crippen molar-refractivity contribution in [3.05, 3.63) is 122 Å². The van der Waals surface area contributed by atoms with Gasteiger partial charge in [-0.1, -0.05) is 48.5 Å². The summed E-state index contributed by atoms with van der Waals surface area (Å²) in [6.07, 6.45) is 6.80. The number of fused-ring (bicyclic) bond motifs is 4. The number of aromatic nitrogens is 8. The molecule has 4 N–H and O–H groups in total. The summed E-state index contributed by atoms with van der Waals surface area (Å²) in [7, 11) is 9.84. The van der Waals surface area contributed by atoms with E-state index in [0.717, 1.165) is 44.1 Å². The first-order valence-corrected chi connectivity index (χ1v) is 18.2. The van der Waals surface area contributed by atoms with Crippen molar-refractivity contribution in [1.82, 2.24) is 39.9 Å². The largest absolute Gasteiger partial charge is 0.345 e. The Morgan fingerprint density at radius 1 is 0.385 bits per heavy atom. The Morgan fingerprint density at radius 2 is 0.590 bits per heavy atom. The van der Waals surface area contributed by atoms with Gasteiger partial charge in [0.25, 0.3) is 0 Å². The first-order valence-electron chi connectivity index (χ1n) is 11.8. The number of benzene rings is 4. The molecule has 0 aliphatic carbocycles. The quantitative estimate of drug-likeness (QED) is 0.135. The Hall–Kier alpha value is -4.02. The van der Waals surface area contributed by atoms with Gasteiger partial charge in [0, 0.05) is 0 Å². The number of imidazole rings is 4. The average molecular weight is 613 g/mol. The molecule has 8 nitrogen and oxygen atoms in total. The summed E-state index contributed by atoms with van der Waals surface area (Å²) in [5.41, 5.74) is 8.48.